The number of hydrogen-bond donors (Lipinski definition) is 3. The highest BCUT2D eigenvalue weighted by molar-refractivity contribution is 7.90. The van der Waals surface area contributed by atoms with Crippen molar-refractivity contribution in [2.24, 2.45) is 5.41 Å². The number of carbonyl (C=O) groups is 1. The van der Waals surface area contributed by atoms with E-state index >= 15 is 4.39 Å². The second-order valence-corrected chi connectivity index (χ2v) is 19.7. The molecule has 1 saturated heterocycles. The van der Waals surface area contributed by atoms with Gasteiger partial charge in [-0.15, -0.1) is 0 Å². The lowest BCUT2D eigenvalue weighted by Gasteiger charge is -2.39. The number of amides is 1. The third-order valence-corrected chi connectivity index (χ3v) is 13.9. The number of allylic oxidation sites excluding steroid dienone is 1. The van der Waals surface area contributed by atoms with E-state index in [-0.39, 0.29) is 52.0 Å². The number of halogens is 3. The van der Waals surface area contributed by atoms with Crippen LogP contribution >= 0.6 is 23.2 Å². The molecule has 2 aromatic heterocycles. The van der Waals surface area contributed by atoms with Crippen LogP contribution in [0.4, 0.5) is 10.1 Å². The van der Waals surface area contributed by atoms with Crippen LogP contribution in [0.2, 0.25) is 10.0 Å². The van der Waals surface area contributed by atoms with E-state index in [2.05, 4.69) is 55.7 Å². The van der Waals surface area contributed by atoms with Gasteiger partial charge in [0.05, 0.1) is 35.0 Å². The Morgan fingerprint density at radius 1 is 0.984 bits per heavy atom. The van der Waals surface area contributed by atoms with Gasteiger partial charge in [0.1, 0.15) is 33.7 Å². The highest BCUT2D eigenvalue weighted by atomic mass is 35.5. The van der Waals surface area contributed by atoms with Gasteiger partial charge >= 0.3 is 0 Å². The van der Waals surface area contributed by atoms with Gasteiger partial charge in [0.15, 0.2) is 0 Å². The Labute approximate surface area is 365 Å². The summed E-state index contributed by atoms with van der Waals surface area (Å²) in [4.78, 5) is 22.3. The van der Waals surface area contributed by atoms with Crippen LogP contribution in [0.15, 0.2) is 89.6 Å². The number of rotatable bonds is 12. The van der Waals surface area contributed by atoms with E-state index in [1.807, 2.05) is 18.2 Å². The maximum Gasteiger partial charge on any atom is 0.268 e. The number of aromatic nitrogens is 3. The molecular formula is C45H49Cl2FN6O6S. The Morgan fingerprint density at radius 2 is 1.74 bits per heavy atom. The zero-order valence-electron chi connectivity index (χ0n) is 34.1. The zero-order chi connectivity index (χ0) is 42.9. The second kappa shape index (κ2) is 17.6. The molecule has 322 valence electrons. The van der Waals surface area contributed by atoms with Crippen molar-refractivity contribution in [1.29, 1.82) is 0 Å². The number of sulfonamides is 1. The quantitative estimate of drug-likeness (QED) is 0.111. The first kappa shape index (κ1) is 42.9. The fourth-order valence-corrected chi connectivity index (χ4v) is 9.73. The molecular weight excluding hydrogens is 843 g/mol. The number of aliphatic hydroxyl groups excluding tert-OH is 1. The Kier molecular flexibility index (Phi) is 12.4. The molecule has 0 atom stereocenters. The van der Waals surface area contributed by atoms with Crippen molar-refractivity contribution < 1.29 is 32.2 Å². The number of pyridine rings is 1. The molecule has 0 unspecified atom stereocenters. The summed E-state index contributed by atoms with van der Waals surface area (Å²) in [5, 5.41) is 18.0. The van der Waals surface area contributed by atoms with Gasteiger partial charge in [-0.2, -0.15) is 5.10 Å². The van der Waals surface area contributed by atoms with Gasteiger partial charge in [-0.1, -0.05) is 60.8 Å². The van der Waals surface area contributed by atoms with Crippen LogP contribution in [0.1, 0.15) is 74.7 Å². The molecule has 3 N–H and O–H groups in total. The first-order valence-corrected chi connectivity index (χ1v) is 22.8. The van der Waals surface area contributed by atoms with Crippen molar-refractivity contribution in [3.8, 4) is 17.4 Å². The third kappa shape index (κ3) is 9.99. The van der Waals surface area contributed by atoms with Gasteiger partial charge in [-0.25, -0.2) is 22.5 Å². The smallest absolute Gasteiger partial charge is 0.268 e. The standard InChI is InChI=1S/C45H49Cl2FN6O6S/c1-44(2)15-12-30(36(24-44)29-6-8-31(46)9-7-29)27-53-18-20-54(21-19-53)32-10-11-35(41(22-32)60-40-5-3-4-39-37(40)26-50-51-39)42(56)52-61(57,58)34-23-38(47)43(49-25-34)59-28-45(48)16-13-33(55)14-17-45/h3-11,22-23,25-26,33,55H,12-21,24,27-28H2,1-2H3,(H,50,51)(H,52,56)/t33-,45-. The van der Waals surface area contributed by atoms with Gasteiger partial charge in [0, 0.05) is 49.5 Å². The Bertz CT molecular complexity index is 2550. The number of nitrogens with one attached hydrogen (secondary N) is 2. The van der Waals surface area contributed by atoms with Crippen molar-refractivity contribution in [1.82, 2.24) is 24.8 Å². The minimum Gasteiger partial charge on any atom is -0.473 e. The normalized spacial score (nSPS) is 21.1. The fraction of sp³-hybridized carbons (Fsp3) is 0.400. The lowest BCUT2D eigenvalue weighted by molar-refractivity contribution is 0.00180. The SMILES string of the molecule is CC1(C)CCC(CN2CCN(c3ccc(C(=O)NS(=O)(=O)c4cnc(OC[C@]5(F)CC[C@H](O)CC5)c(Cl)c4)c(Oc4cccc5[nH]ncc45)c3)CC2)=C(c2ccc(Cl)cc2)C1. The van der Waals surface area contributed by atoms with Crippen LogP contribution in [-0.2, 0) is 10.0 Å². The van der Waals surface area contributed by atoms with E-state index in [1.54, 1.807) is 36.5 Å². The molecule has 8 rings (SSSR count). The molecule has 1 amide bonds. The molecule has 12 nitrogen and oxygen atoms in total. The molecule has 61 heavy (non-hydrogen) atoms. The largest absolute Gasteiger partial charge is 0.473 e. The molecule has 1 saturated carbocycles. The number of piperazine rings is 1. The summed E-state index contributed by atoms with van der Waals surface area (Å²) in [5.41, 5.74) is 4.21. The minimum atomic E-state index is -4.50. The summed E-state index contributed by atoms with van der Waals surface area (Å²) in [6, 6.07) is 19.8. The maximum atomic E-state index is 15.2. The van der Waals surface area contributed by atoms with Gasteiger partial charge in [-0.05, 0) is 104 Å². The third-order valence-electron chi connectivity index (χ3n) is 12.0. The number of aliphatic hydroxyl groups is 1. The summed E-state index contributed by atoms with van der Waals surface area (Å²) in [6.45, 7) is 8.32. The number of aromatic amines is 1. The molecule has 3 aromatic carbocycles. The molecule has 2 aliphatic carbocycles. The monoisotopic (exact) mass is 890 g/mol. The van der Waals surface area contributed by atoms with E-state index in [0.29, 0.717) is 24.0 Å². The fourth-order valence-electron chi connectivity index (χ4n) is 8.39. The molecule has 3 heterocycles. The summed E-state index contributed by atoms with van der Waals surface area (Å²) in [5.74, 6) is -0.495. The Morgan fingerprint density at radius 3 is 2.48 bits per heavy atom. The lowest BCUT2D eigenvalue weighted by Crippen LogP contribution is -2.47. The number of anilines is 1. The van der Waals surface area contributed by atoms with E-state index in [0.717, 1.165) is 80.5 Å². The van der Waals surface area contributed by atoms with Crippen LogP contribution in [0, 0.1) is 5.41 Å². The zero-order valence-corrected chi connectivity index (χ0v) is 36.4. The summed E-state index contributed by atoms with van der Waals surface area (Å²) >= 11 is 12.6. The number of H-pyrrole nitrogens is 1. The lowest BCUT2D eigenvalue weighted by atomic mass is 9.72. The predicted molar refractivity (Wildman–Crippen MR) is 235 cm³/mol. The topological polar surface area (TPSA) is 150 Å². The molecule has 2 fully saturated rings. The Balaban J connectivity index is 0.988. The highest BCUT2D eigenvalue weighted by Crippen LogP contribution is 2.44. The summed E-state index contributed by atoms with van der Waals surface area (Å²) < 4.78 is 56.5. The van der Waals surface area contributed by atoms with Crippen molar-refractivity contribution >= 4 is 61.3 Å². The number of hydrogen-bond acceptors (Lipinski definition) is 10. The van der Waals surface area contributed by atoms with Gasteiger partial charge in [0.25, 0.3) is 15.9 Å². The van der Waals surface area contributed by atoms with Crippen LogP contribution in [-0.4, -0.2) is 90.6 Å². The molecule has 0 spiro atoms. The van der Waals surface area contributed by atoms with Crippen molar-refractivity contribution in [3.63, 3.8) is 0 Å². The molecule has 16 heteroatoms. The van der Waals surface area contributed by atoms with E-state index < -0.39 is 27.7 Å². The van der Waals surface area contributed by atoms with Crippen LogP contribution in [0.25, 0.3) is 16.5 Å². The molecule has 5 aromatic rings. The van der Waals surface area contributed by atoms with Crippen LogP contribution in [0.5, 0.6) is 17.4 Å². The first-order valence-electron chi connectivity index (χ1n) is 20.5. The number of ether oxygens (including phenoxy) is 2. The summed E-state index contributed by atoms with van der Waals surface area (Å²) in [7, 11) is -4.50. The van der Waals surface area contributed by atoms with E-state index in [1.165, 1.54) is 16.7 Å². The number of benzene rings is 3. The average molecular weight is 892 g/mol. The number of fused-ring (bicyclic) bond motifs is 1. The summed E-state index contributed by atoms with van der Waals surface area (Å²) in [6.07, 6.45) is 6.14. The van der Waals surface area contributed by atoms with Crippen molar-refractivity contribution in [3.05, 3.63) is 106 Å². The maximum absolute atomic E-state index is 15.2. The number of nitrogens with zero attached hydrogens (tertiary/aromatic N) is 4. The second-order valence-electron chi connectivity index (χ2n) is 17.1. The molecule has 3 aliphatic rings. The van der Waals surface area contributed by atoms with E-state index in [4.69, 9.17) is 32.7 Å². The molecule has 0 bridgehead atoms. The minimum absolute atomic E-state index is 0.0156. The van der Waals surface area contributed by atoms with Gasteiger partial charge in [0.2, 0.25) is 5.88 Å². The highest BCUT2D eigenvalue weighted by Gasteiger charge is 2.36. The van der Waals surface area contributed by atoms with E-state index in [9.17, 15) is 18.3 Å². The Hall–Kier alpha value is -4.73. The van der Waals surface area contributed by atoms with Crippen LogP contribution < -0.4 is 19.1 Å². The number of alkyl halides is 1. The first-order chi connectivity index (χ1) is 29.1. The van der Waals surface area contributed by atoms with Crippen molar-refractivity contribution in [2.45, 2.75) is 75.5 Å². The molecule has 1 aliphatic heterocycles. The average Bonchev–Trinajstić information content (AvgIpc) is 3.73. The van der Waals surface area contributed by atoms with Crippen LogP contribution in [0.3, 0.4) is 0 Å². The van der Waals surface area contributed by atoms with Gasteiger partial charge in [-0.3, -0.25) is 14.8 Å². The van der Waals surface area contributed by atoms with Crippen molar-refractivity contribution in [2.75, 3.05) is 44.2 Å². The molecule has 0 radical (unpaired) electrons. The number of carbonyl (C=O) groups excluding carboxylic acids is 1. The predicted octanol–water partition coefficient (Wildman–Crippen LogP) is 8.98. The van der Waals surface area contributed by atoms with Gasteiger partial charge < -0.3 is 19.5 Å².